The number of carbonyl (C=O) groups is 4. The zero-order chi connectivity index (χ0) is 29.1. The predicted molar refractivity (Wildman–Crippen MR) is 135 cm³/mol. The van der Waals surface area contributed by atoms with Gasteiger partial charge in [-0.25, -0.2) is 14.4 Å². The van der Waals surface area contributed by atoms with Gasteiger partial charge in [-0.1, -0.05) is 47.6 Å². The Morgan fingerprint density at radius 3 is 1.84 bits per heavy atom. The Labute approximate surface area is 223 Å². The number of carbonyl (C=O) groups excluding carboxylic acids is 4. The van der Waals surface area contributed by atoms with Gasteiger partial charge >= 0.3 is 24.4 Å². The number of benzene rings is 1. The average Bonchev–Trinajstić information content (AvgIpc) is 2.80. The Morgan fingerprint density at radius 1 is 0.816 bits per heavy atom. The van der Waals surface area contributed by atoms with Gasteiger partial charge in [0.15, 0.2) is 11.5 Å². The van der Waals surface area contributed by atoms with E-state index < -0.39 is 36.6 Å². The molecule has 0 aliphatic heterocycles. The van der Waals surface area contributed by atoms with Crippen molar-refractivity contribution < 1.29 is 52.3 Å². The molecular formula is C26H39NO11. The second-order valence-corrected chi connectivity index (χ2v) is 11.0. The molecule has 0 saturated carbocycles. The fourth-order valence-corrected chi connectivity index (χ4v) is 2.52. The minimum Gasteiger partial charge on any atom is -0.461 e. The number of nitrogens with two attached hydrogens (primary N) is 1. The van der Waals surface area contributed by atoms with Crippen molar-refractivity contribution in [2.45, 2.75) is 67.0 Å². The number of esters is 1. The molecular weight excluding hydrogens is 502 g/mol. The van der Waals surface area contributed by atoms with Gasteiger partial charge in [0.05, 0.1) is 20.3 Å². The molecule has 1 rings (SSSR count). The molecule has 0 bridgehead atoms. The molecule has 1 aromatic carbocycles. The van der Waals surface area contributed by atoms with E-state index in [1.807, 2.05) is 41.5 Å². The van der Waals surface area contributed by atoms with E-state index in [4.69, 9.17) is 34.2 Å². The largest absolute Gasteiger partial charge is 0.513 e. The van der Waals surface area contributed by atoms with Crippen LogP contribution in [0.2, 0.25) is 0 Å². The van der Waals surface area contributed by atoms with Crippen molar-refractivity contribution in [2.24, 2.45) is 16.6 Å². The molecule has 0 heterocycles. The molecule has 0 aliphatic rings. The number of methoxy groups -OCH3 is 1. The van der Waals surface area contributed by atoms with Crippen LogP contribution in [0.5, 0.6) is 11.5 Å². The third-order valence-corrected chi connectivity index (χ3v) is 4.32. The minimum atomic E-state index is -1.09. The van der Waals surface area contributed by atoms with Crippen molar-refractivity contribution in [3.8, 4) is 11.5 Å². The molecule has 0 spiro atoms. The van der Waals surface area contributed by atoms with E-state index in [2.05, 4.69) is 4.74 Å². The van der Waals surface area contributed by atoms with Crippen LogP contribution in [-0.2, 0) is 34.9 Å². The maximum absolute atomic E-state index is 12.3. The lowest BCUT2D eigenvalue weighted by Crippen LogP contribution is -2.36. The average molecular weight is 542 g/mol. The summed E-state index contributed by atoms with van der Waals surface area (Å²) in [4.78, 5) is 47.9. The van der Waals surface area contributed by atoms with Gasteiger partial charge in [-0.3, -0.25) is 4.79 Å². The van der Waals surface area contributed by atoms with Gasteiger partial charge in [0.1, 0.15) is 18.8 Å². The highest BCUT2D eigenvalue weighted by Gasteiger charge is 2.23. The first kappa shape index (κ1) is 32.5. The van der Waals surface area contributed by atoms with Crippen molar-refractivity contribution in [1.29, 1.82) is 0 Å². The molecule has 0 aliphatic carbocycles. The summed E-state index contributed by atoms with van der Waals surface area (Å²) in [6.45, 7) is 12.8. The Kier molecular flexibility index (Phi) is 12.3. The van der Waals surface area contributed by atoms with Gasteiger partial charge < -0.3 is 38.9 Å². The lowest BCUT2D eigenvalue weighted by molar-refractivity contribution is -0.148. The van der Waals surface area contributed by atoms with Gasteiger partial charge in [-0.05, 0) is 41.9 Å². The van der Waals surface area contributed by atoms with Crippen LogP contribution in [0.15, 0.2) is 18.2 Å². The molecule has 2 atom stereocenters. The summed E-state index contributed by atoms with van der Waals surface area (Å²) < 4.78 is 35.1. The van der Waals surface area contributed by atoms with Crippen LogP contribution in [0, 0.1) is 10.8 Å². The number of ether oxygens (including phenoxy) is 7. The predicted octanol–water partition coefficient (Wildman–Crippen LogP) is 4.39. The van der Waals surface area contributed by atoms with Crippen LogP contribution in [0.1, 0.15) is 54.0 Å². The quantitative estimate of drug-likeness (QED) is 0.253. The Bertz CT molecular complexity index is 963. The van der Waals surface area contributed by atoms with Gasteiger partial charge in [0, 0.05) is 0 Å². The van der Waals surface area contributed by atoms with Crippen LogP contribution in [0.3, 0.4) is 0 Å². The molecule has 2 N–H and O–H groups in total. The Morgan fingerprint density at radius 2 is 1.34 bits per heavy atom. The molecule has 214 valence electrons. The van der Waals surface area contributed by atoms with Gasteiger partial charge in [0.25, 0.3) is 0 Å². The molecule has 38 heavy (non-hydrogen) atoms. The fourth-order valence-electron chi connectivity index (χ4n) is 2.52. The molecule has 0 aromatic heterocycles. The lowest BCUT2D eigenvalue weighted by atomic mass is 9.99. The van der Waals surface area contributed by atoms with Crippen LogP contribution in [0.25, 0.3) is 0 Å². The molecule has 0 radical (unpaired) electrons. The normalized spacial score (nSPS) is 13.0. The van der Waals surface area contributed by atoms with Crippen molar-refractivity contribution in [2.75, 3.05) is 26.9 Å². The molecule has 0 amide bonds. The van der Waals surface area contributed by atoms with Crippen molar-refractivity contribution in [1.82, 2.24) is 0 Å². The Hall–Kier alpha value is -3.54. The second kappa shape index (κ2) is 14.4. The monoisotopic (exact) mass is 541 g/mol. The summed E-state index contributed by atoms with van der Waals surface area (Å²) in [5.41, 5.74) is 5.85. The standard InChI is InChI=1S/C26H39NO11/c1-16(36-22(29)32-8)13-33-21(28)18(27)11-17-9-10-19(37-23(30)34-14-25(2,3)4)20(12-17)38-24(31)35-15-26(5,6)7/h9-10,12,16,18H,11,13-15,27H2,1-8H3/t16-,18-/m0/s1. The first-order valence-electron chi connectivity index (χ1n) is 12.0. The minimum absolute atomic E-state index is 0.00672. The highest BCUT2D eigenvalue weighted by atomic mass is 16.7. The first-order valence-corrected chi connectivity index (χ1v) is 12.0. The van der Waals surface area contributed by atoms with E-state index in [9.17, 15) is 19.2 Å². The van der Waals surface area contributed by atoms with E-state index in [1.54, 1.807) is 0 Å². The van der Waals surface area contributed by atoms with Crippen LogP contribution in [0.4, 0.5) is 14.4 Å². The Balaban J connectivity index is 2.95. The van der Waals surface area contributed by atoms with E-state index in [-0.39, 0.29) is 48.6 Å². The summed E-state index contributed by atoms with van der Waals surface area (Å²) >= 11 is 0. The SMILES string of the molecule is COC(=O)O[C@@H](C)COC(=O)[C@@H](N)Cc1ccc(OC(=O)OCC(C)(C)C)c(OC(=O)OCC(C)(C)C)c1. The topological polar surface area (TPSA) is 159 Å². The number of hydrogen-bond acceptors (Lipinski definition) is 12. The summed E-state index contributed by atoms with van der Waals surface area (Å²) in [5, 5.41) is 0. The summed E-state index contributed by atoms with van der Waals surface area (Å²) in [7, 11) is 1.16. The fraction of sp³-hybridized carbons (Fsp3) is 0.615. The number of hydrogen-bond donors (Lipinski definition) is 1. The third-order valence-electron chi connectivity index (χ3n) is 4.32. The summed E-state index contributed by atoms with van der Waals surface area (Å²) in [6.07, 6.45) is -3.65. The van der Waals surface area contributed by atoms with Crippen LogP contribution in [-0.4, -0.2) is 63.5 Å². The highest BCUT2D eigenvalue weighted by molar-refractivity contribution is 5.76. The maximum Gasteiger partial charge on any atom is 0.513 e. The molecule has 12 nitrogen and oxygen atoms in total. The van der Waals surface area contributed by atoms with E-state index in [0.717, 1.165) is 7.11 Å². The van der Waals surface area contributed by atoms with Crippen molar-refractivity contribution in [3.05, 3.63) is 23.8 Å². The zero-order valence-electron chi connectivity index (χ0n) is 23.3. The third kappa shape index (κ3) is 13.7. The summed E-state index contributed by atoms with van der Waals surface area (Å²) in [5.74, 6) is -0.969. The highest BCUT2D eigenvalue weighted by Crippen LogP contribution is 2.30. The smallest absolute Gasteiger partial charge is 0.461 e. The van der Waals surface area contributed by atoms with Gasteiger partial charge in [-0.15, -0.1) is 0 Å². The molecule has 12 heteroatoms. The number of rotatable bonds is 10. The molecule has 0 fully saturated rings. The van der Waals surface area contributed by atoms with Crippen molar-refractivity contribution in [3.63, 3.8) is 0 Å². The van der Waals surface area contributed by atoms with Crippen LogP contribution < -0.4 is 15.2 Å². The zero-order valence-corrected chi connectivity index (χ0v) is 23.3. The van der Waals surface area contributed by atoms with E-state index >= 15 is 0 Å². The lowest BCUT2D eigenvalue weighted by Gasteiger charge is -2.19. The first-order chi connectivity index (χ1) is 17.5. The maximum atomic E-state index is 12.3. The molecule has 0 unspecified atom stereocenters. The molecule has 1 aromatic rings. The van der Waals surface area contributed by atoms with E-state index in [0.29, 0.717) is 5.56 Å². The molecule has 0 saturated heterocycles. The van der Waals surface area contributed by atoms with Gasteiger partial charge in [0.2, 0.25) is 0 Å². The second-order valence-electron chi connectivity index (χ2n) is 11.0. The van der Waals surface area contributed by atoms with E-state index in [1.165, 1.54) is 25.1 Å². The van der Waals surface area contributed by atoms with Gasteiger partial charge in [-0.2, -0.15) is 0 Å². The van der Waals surface area contributed by atoms with Crippen LogP contribution >= 0.6 is 0 Å². The summed E-state index contributed by atoms with van der Waals surface area (Å²) in [6, 6.07) is 3.21. The van der Waals surface area contributed by atoms with Crippen molar-refractivity contribution >= 4 is 24.4 Å².